The molecule has 0 bridgehead atoms. The second kappa shape index (κ2) is 11.4. The van der Waals surface area contributed by atoms with Gasteiger partial charge in [0.05, 0.1) is 22.2 Å². The first-order chi connectivity index (χ1) is 18.3. The fourth-order valence-electron chi connectivity index (χ4n) is 5.29. The Labute approximate surface area is 237 Å². The van der Waals surface area contributed by atoms with E-state index in [0.717, 1.165) is 22.4 Å². The van der Waals surface area contributed by atoms with Crippen LogP contribution in [0.25, 0.3) is 0 Å². The van der Waals surface area contributed by atoms with Gasteiger partial charge >= 0.3 is 5.97 Å². The van der Waals surface area contributed by atoms with Crippen LogP contribution in [0.15, 0.2) is 95.3 Å². The van der Waals surface area contributed by atoms with Gasteiger partial charge in [-0.2, -0.15) is 0 Å². The first-order valence-electron chi connectivity index (χ1n) is 12.5. The average Bonchev–Trinajstić information content (AvgIpc) is 2.90. The summed E-state index contributed by atoms with van der Waals surface area (Å²) in [5, 5.41) is 4.80. The van der Waals surface area contributed by atoms with Gasteiger partial charge in [0.1, 0.15) is 0 Å². The molecule has 7 heteroatoms. The molecular formula is C31H26Cl3NO3. The number of Topliss-reactive ketones (excluding diaryl/α,β-unsaturated/α-hetero) is 1. The molecule has 0 amide bonds. The second-order valence-corrected chi connectivity index (χ2v) is 10.9. The van der Waals surface area contributed by atoms with Crippen molar-refractivity contribution in [1.29, 1.82) is 0 Å². The quantitative estimate of drug-likeness (QED) is 0.309. The molecule has 0 saturated carbocycles. The van der Waals surface area contributed by atoms with Crippen molar-refractivity contribution in [2.75, 3.05) is 6.61 Å². The van der Waals surface area contributed by atoms with E-state index in [4.69, 9.17) is 39.5 Å². The Balaban J connectivity index is 1.48. The molecule has 0 spiro atoms. The summed E-state index contributed by atoms with van der Waals surface area (Å²) in [5.74, 6) is -1.07. The number of dihydropyridines is 1. The molecule has 0 fully saturated rings. The molecule has 4 nitrogen and oxygen atoms in total. The van der Waals surface area contributed by atoms with Crippen LogP contribution in [0, 0.1) is 0 Å². The van der Waals surface area contributed by atoms with E-state index < -0.39 is 11.9 Å². The van der Waals surface area contributed by atoms with E-state index in [9.17, 15) is 9.59 Å². The fraction of sp³-hybridized carbons (Fsp3) is 0.226. The SMILES string of the molecule is CC1=C(C(=O)OCCc2ccccc2)[C@H](c2ccc(Cl)c(Cl)c2)C2=C(C[C@H](c3ccc(Cl)cc3)CC2=O)N1. The average molecular weight is 567 g/mol. The van der Waals surface area contributed by atoms with E-state index in [1.807, 2.05) is 67.6 Å². The van der Waals surface area contributed by atoms with Crippen molar-refractivity contribution in [1.82, 2.24) is 5.32 Å². The smallest absolute Gasteiger partial charge is 0.336 e. The van der Waals surface area contributed by atoms with Crippen molar-refractivity contribution < 1.29 is 14.3 Å². The maximum absolute atomic E-state index is 13.7. The molecule has 0 radical (unpaired) electrons. The maximum Gasteiger partial charge on any atom is 0.336 e. The fourth-order valence-corrected chi connectivity index (χ4v) is 5.72. The van der Waals surface area contributed by atoms with Crippen molar-refractivity contribution >= 4 is 46.6 Å². The van der Waals surface area contributed by atoms with Gasteiger partial charge in [0.15, 0.2) is 5.78 Å². The lowest BCUT2D eigenvalue weighted by Gasteiger charge is -2.36. The first kappa shape index (κ1) is 26.6. The largest absolute Gasteiger partial charge is 0.462 e. The predicted octanol–water partition coefficient (Wildman–Crippen LogP) is 7.79. The van der Waals surface area contributed by atoms with Crippen molar-refractivity contribution in [2.45, 2.75) is 38.0 Å². The van der Waals surface area contributed by atoms with E-state index in [2.05, 4.69) is 5.32 Å². The second-order valence-electron chi connectivity index (χ2n) is 9.61. The lowest BCUT2D eigenvalue weighted by Crippen LogP contribution is -2.36. The molecule has 0 unspecified atom stereocenters. The molecule has 1 N–H and O–H groups in total. The summed E-state index contributed by atoms with van der Waals surface area (Å²) in [6.07, 6.45) is 1.56. The molecule has 194 valence electrons. The van der Waals surface area contributed by atoms with Crippen LogP contribution in [-0.2, 0) is 20.7 Å². The Morgan fingerprint density at radius 2 is 1.63 bits per heavy atom. The summed E-state index contributed by atoms with van der Waals surface area (Å²) in [7, 11) is 0. The van der Waals surface area contributed by atoms with E-state index in [0.29, 0.717) is 51.2 Å². The number of carbonyl (C=O) groups is 2. The minimum atomic E-state index is -0.607. The molecule has 38 heavy (non-hydrogen) atoms. The molecule has 0 saturated heterocycles. The minimum absolute atomic E-state index is 0.00708. The van der Waals surface area contributed by atoms with Crippen LogP contribution < -0.4 is 5.32 Å². The van der Waals surface area contributed by atoms with Gasteiger partial charge in [-0.1, -0.05) is 83.3 Å². The molecule has 0 aromatic heterocycles. The zero-order valence-corrected chi connectivity index (χ0v) is 23.0. The Bertz CT molecular complexity index is 1440. The molecule has 3 aromatic rings. The zero-order chi connectivity index (χ0) is 26.8. The van der Waals surface area contributed by atoms with Gasteiger partial charge in [-0.3, -0.25) is 4.79 Å². The number of hydrogen-bond donors (Lipinski definition) is 1. The molecule has 3 aromatic carbocycles. The van der Waals surface area contributed by atoms with E-state index in [-0.39, 0.29) is 18.3 Å². The van der Waals surface area contributed by atoms with Crippen LogP contribution in [0.1, 0.15) is 48.3 Å². The topological polar surface area (TPSA) is 55.4 Å². The summed E-state index contributed by atoms with van der Waals surface area (Å²) in [5.41, 5.74) is 5.32. The number of halogens is 3. The van der Waals surface area contributed by atoms with Crippen LogP contribution in [0.3, 0.4) is 0 Å². The summed E-state index contributed by atoms with van der Waals surface area (Å²) in [6.45, 7) is 2.07. The van der Waals surface area contributed by atoms with Crippen molar-refractivity contribution in [3.8, 4) is 0 Å². The van der Waals surface area contributed by atoms with E-state index >= 15 is 0 Å². The number of hydrogen-bond acceptors (Lipinski definition) is 4. The van der Waals surface area contributed by atoms with Crippen LogP contribution in [-0.4, -0.2) is 18.4 Å². The predicted molar refractivity (Wildman–Crippen MR) is 152 cm³/mol. The maximum atomic E-state index is 13.7. The van der Waals surface area contributed by atoms with E-state index in [1.54, 1.807) is 12.1 Å². The molecule has 1 aliphatic carbocycles. The highest BCUT2D eigenvalue weighted by atomic mass is 35.5. The number of esters is 1. The number of carbonyl (C=O) groups excluding carboxylic acids is 2. The highest BCUT2D eigenvalue weighted by Crippen LogP contribution is 2.46. The Hall–Kier alpha value is -3.05. The first-order valence-corrected chi connectivity index (χ1v) is 13.6. The lowest BCUT2D eigenvalue weighted by atomic mass is 9.72. The monoisotopic (exact) mass is 565 g/mol. The van der Waals surface area contributed by atoms with Gasteiger partial charge in [-0.05, 0) is 60.2 Å². The molecule has 1 heterocycles. The summed E-state index contributed by atoms with van der Waals surface area (Å²) in [6, 6.07) is 22.7. The van der Waals surface area contributed by atoms with Crippen LogP contribution in [0.5, 0.6) is 0 Å². The molecule has 1 aliphatic heterocycles. The Kier molecular flexibility index (Phi) is 7.94. The minimum Gasteiger partial charge on any atom is -0.462 e. The lowest BCUT2D eigenvalue weighted by molar-refractivity contribution is -0.139. The summed E-state index contributed by atoms with van der Waals surface area (Å²) in [4.78, 5) is 27.2. The van der Waals surface area contributed by atoms with Gasteiger partial charge in [-0.15, -0.1) is 0 Å². The zero-order valence-electron chi connectivity index (χ0n) is 20.8. The van der Waals surface area contributed by atoms with Gasteiger partial charge in [0.25, 0.3) is 0 Å². The summed E-state index contributed by atoms with van der Waals surface area (Å²) < 4.78 is 5.74. The van der Waals surface area contributed by atoms with Gasteiger partial charge in [-0.25, -0.2) is 4.79 Å². The Morgan fingerprint density at radius 1 is 0.921 bits per heavy atom. The van der Waals surface area contributed by atoms with Gasteiger partial charge in [0.2, 0.25) is 0 Å². The molecular weight excluding hydrogens is 541 g/mol. The third kappa shape index (κ3) is 5.54. The number of benzene rings is 3. The number of nitrogens with one attached hydrogen (secondary N) is 1. The number of ether oxygens (including phenoxy) is 1. The number of ketones is 1. The van der Waals surface area contributed by atoms with Crippen LogP contribution in [0.2, 0.25) is 15.1 Å². The third-order valence-corrected chi connectivity index (χ3v) is 8.12. The van der Waals surface area contributed by atoms with Crippen LogP contribution in [0.4, 0.5) is 0 Å². The van der Waals surface area contributed by atoms with Gasteiger partial charge in [0, 0.05) is 40.7 Å². The highest BCUT2D eigenvalue weighted by molar-refractivity contribution is 6.42. The van der Waals surface area contributed by atoms with Crippen LogP contribution >= 0.6 is 34.8 Å². The molecule has 2 atom stereocenters. The standard InChI is InChI=1S/C31H26Cl3NO3/c1-18-28(31(37)38-14-13-19-5-3-2-4-6-19)29(21-9-12-24(33)25(34)15-21)30-26(35-18)16-22(17-27(30)36)20-7-10-23(32)11-8-20/h2-12,15,22,29,35H,13-14,16-17H2,1H3/t22-,29-/m0/s1. The van der Waals surface area contributed by atoms with Crippen molar-refractivity contribution in [3.05, 3.63) is 127 Å². The molecule has 2 aliphatic rings. The Morgan fingerprint density at radius 3 is 2.34 bits per heavy atom. The number of allylic oxidation sites excluding steroid dienone is 3. The van der Waals surface area contributed by atoms with Crippen molar-refractivity contribution in [2.24, 2.45) is 0 Å². The molecule has 5 rings (SSSR count). The van der Waals surface area contributed by atoms with Crippen molar-refractivity contribution in [3.63, 3.8) is 0 Å². The third-order valence-electron chi connectivity index (χ3n) is 7.13. The summed E-state index contributed by atoms with van der Waals surface area (Å²) >= 11 is 18.7. The number of rotatable bonds is 6. The normalized spacial score (nSPS) is 19.2. The highest BCUT2D eigenvalue weighted by Gasteiger charge is 2.41. The van der Waals surface area contributed by atoms with E-state index in [1.165, 1.54) is 0 Å². The van der Waals surface area contributed by atoms with Gasteiger partial charge < -0.3 is 10.1 Å².